The number of alkyl halides is 2. The third-order valence-corrected chi connectivity index (χ3v) is 5.52. The number of carbonyl (C=O) groups excluding carboxylic acids is 1. The van der Waals surface area contributed by atoms with Gasteiger partial charge in [-0.2, -0.15) is 13.3 Å². The van der Waals surface area contributed by atoms with Crippen LogP contribution in [0.3, 0.4) is 0 Å². The smallest absolute Gasteiger partial charge is 0.387 e. The first-order valence-electron chi connectivity index (χ1n) is 9.42. The van der Waals surface area contributed by atoms with Crippen molar-refractivity contribution >= 4 is 33.3 Å². The molecule has 0 spiro atoms. The van der Waals surface area contributed by atoms with Gasteiger partial charge in [0, 0.05) is 35.6 Å². The Labute approximate surface area is 179 Å². The van der Waals surface area contributed by atoms with Gasteiger partial charge in [0.2, 0.25) is 5.91 Å². The van der Waals surface area contributed by atoms with Crippen LogP contribution in [0.5, 0.6) is 5.75 Å². The van der Waals surface area contributed by atoms with Gasteiger partial charge in [0.25, 0.3) is 0 Å². The van der Waals surface area contributed by atoms with E-state index in [2.05, 4.69) is 46.2 Å². The highest BCUT2D eigenvalue weighted by atomic mass is 79.9. The Hall–Kier alpha value is -2.82. The van der Waals surface area contributed by atoms with Crippen LogP contribution in [0, 0.1) is 5.92 Å². The molecule has 0 bridgehead atoms. The summed E-state index contributed by atoms with van der Waals surface area (Å²) in [4.78, 5) is 14.7. The molecule has 158 valence electrons. The fourth-order valence-corrected chi connectivity index (χ4v) is 3.89. The third kappa shape index (κ3) is 4.66. The highest BCUT2D eigenvalue weighted by Gasteiger charge is 2.26. The van der Waals surface area contributed by atoms with E-state index in [-0.39, 0.29) is 24.1 Å². The standard InChI is InChI=1S/C19H19BrF2N6O2/c20-14-1-2-15(30-19(21)22)13(9-14)10-23-18(29)12-5-7-27(8-6-12)17-4-3-16-25-24-11-28(16)26-17/h1-4,9,11-12,19H,5-8,10H2,(H,23,29). The number of hydrogen-bond donors (Lipinski definition) is 1. The highest BCUT2D eigenvalue weighted by Crippen LogP contribution is 2.26. The Balaban J connectivity index is 1.33. The van der Waals surface area contributed by atoms with E-state index < -0.39 is 6.61 Å². The molecule has 4 rings (SSSR count). The first kappa shape index (κ1) is 20.5. The number of nitrogens with one attached hydrogen (secondary N) is 1. The molecule has 0 aliphatic carbocycles. The number of amides is 1. The largest absolute Gasteiger partial charge is 0.434 e. The van der Waals surface area contributed by atoms with Gasteiger partial charge >= 0.3 is 6.61 Å². The Morgan fingerprint density at radius 3 is 2.83 bits per heavy atom. The molecule has 0 atom stereocenters. The monoisotopic (exact) mass is 480 g/mol. The fraction of sp³-hybridized carbons (Fsp3) is 0.368. The SMILES string of the molecule is O=C(NCc1cc(Br)ccc1OC(F)F)C1CCN(c2ccc3nncn3n2)CC1. The molecule has 11 heteroatoms. The molecular weight excluding hydrogens is 462 g/mol. The van der Waals surface area contributed by atoms with Crippen LogP contribution < -0.4 is 15.0 Å². The van der Waals surface area contributed by atoms with Gasteiger partial charge in [-0.05, 0) is 43.2 Å². The van der Waals surface area contributed by atoms with Crippen LogP contribution in [-0.4, -0.2) is 45.4 Å². The van der Waals surface area contributed by atoms with Gasteiger partial charge in [-0.1, -0.05) is 15.9 Å². The predicted octanol–water partition coefficient (Wildman–Crippen LogP) is 3.02. The van der Waals surface area contributed by atoms with Crippen LogP contribution >= 0.6 is 15.9 Å². The molecule has 8 nitrogen and oxygen atoms in total. The van der Waals surface area contributed by atoms with Gasteiger partial charge in [0.1, 0.15) is 17.9 Å². The summed E-state index contributed by atoms with van der Waals surface area (Å²) in [5.74, 6) is 0.620. The lowest BCUT2D eigenvalue weighted by Gasteiger charge is -2.32. The summed E-state index contributed by atoms with van der Waals surface area (Å²) >= 11 is 3.31. The van der Waals surface area contributed by atoms with Crippen molar-refractivity contribution in [1.29, 1.82) is 0 Å². The maximum absolute atomic E-state index is 12.6. The second-order valence-electron chi connectivity index (χ2n) is 6.93. The zero-order chi connectivity index (χ0) is 21.1. The van der Waals surface area contributed by atoms with Crippen LogP contribution in [0.4, 0.5) is 14.6 Å². The maximum atomic E-state index is 12.6. The van der Waals surface area contributed by atoms with Crippen LogP contribution in [0.1, 0.15) is 18.4 Å². The number of ether oxygens (including phenoxy) is 1. The molecule has 2 aromatic heterocycles. The minimum atomic E-state index is -2.92. The first-order chi connectivity index (χ1) is 14.5. The number of rotatable bonds is 6. The van der Waals surface area contributed by atoms with E-state index >= 15 is 0 Å². The average molecular weight is 481 g/mol. The summed E-state index contributed by atoms with van der Waals surface area (Å²) in [7, 11) is 0. The van der Waals surface area contributed by atoms with Gasteiger partial charge in [0.05, 0.1) is 0 Å². The zero-order valence-electron chi connectivity index (χ0n) is 15.8. The Morgan fingerprint density at radius 2 is 2.07 bits per heavy atom. The number of halogens is 3. The molecule has 1 aliphatic heterocycles. The van der Waals surface area contributed by atoms with E-state index in [1.54, 1.807) is 23.0 Å². The van der Waals surface area contributed by atoms with Crippen molar-refractivity contribution < 1.29 is 18.3 Å². The maximum Gasteiger partial charge on any atom is 0.387 e. The summed E-state index contributed by atoms with van der Waals surface area (Å²) in [6.07, 6.45) is 2.90. The summed E-state index contributed by atoms with van der Waals surface area (Å²) in [5, 5.41) is 15.1. The molecule has 3 aromatic rings. The van der Waals surface area contributed by atoms with Crippen molar-refractivity contribution in [2.24, 2.45) is 5.92 Å². The van der Waals surface area contributed by atoms with Gasteiger partial charge in [0.15, 0.2) is 5.65 Å². The number of anilines is 1. The molecule has 1 aromatic carbocycles. The number of benzene rings is 1. The van der Waals surface area contributed by atoms with E-state index in [1.807, 2.05) is 12.1 Å². The van der Waals surface area contributed by atoms with Crippen LogP contribution in [0.25, 0.3) is 5.65 Å². The second kappa shape index (κ2) is 8.90. The van der Waals surface area contributed by atoms with E-state index in [1.165, 1.54) is 6.07 Å². The molecule has 0 unspecified atom stereocenters. The number of hydrogen-bond acceptors (Lipinski definition) is 6. The topological polar surface area (TPSA) is 84.6 Å². The zero-order valence-corrected chi connectivity index (χ0v) is 17.4. The number of carbonyl (C=O) groups is 1. The molecule has 0 radical (unpaired) electrons. The van der Waals surface area contributed by atoms with Crippen molar-refractivity contribution in [3.8, 4) is 5.75 Å². The molecule has 1 N–H and O–H groups in total. The van der Waals surface area contributed by atoms with E-state index in [0.717, 1.165) is 10.3 Å². The molecule has 1 amide bonds. The second-order valence-corrected chi connectivity index (χ2v) is 7.85. The van der Waals surface area contributed by atoms with Crippen molar-refractivity contribution in [3.63, 3.8) is 0 Å². The minimum absolute atomic E-state index is 0.0544. The molecule has 1 saturated heterocycles. The number of nitrogens with zero attached hydrogens (tertiary/aromatic N) is 5. The van der Waals surface area contributed by atoms with Gasteiger partial charge < -0.3 is 15.0 Å². The van der Waals surface area contributed by atoms with Crippen molar-refractivity contribution in [2.45, 2.75) is 26.0 Å². The van der Waals surface area contributed by atoms with Gasteiger partial charge in [-0.25, -0.2) is 0 Å². The minimum Gasteiger partial charge on any atom is -0.434 e. The van der Waals surface area contributed by atoms with Crippen LogP contribution in [-0.2, 0) is 11.3 Å². The van der Waals surface area contributed by atoms with Crippen molar-refractivity contribution in [3.05, 3.63) is 46.7 Å². The molecular formula is C19H19BrF2N6O2. The Kier molecular flexibility index (Phi) is 6.07. The van der Waals surface area contributed by atoms with Crippen LogP contribution in [0.15, 0.2) is 41.1 Å². The molecule has 1 aliphatic rings. The molecule has 0 saturated carbocycles. The lowest BCUT2D eigenvalue weighted by molar-refractivity contribution is -0.125. The lowest BCUT2D eigenvalue weighted by Crippen LogP contribution is -2.40. The third-order valence-electron chi connectivity index (χ3n) is 5.03. The normalized spacial score (nSPS) is 15.0. The molecule has 30 heavy (non-hydrogen) atoms. The number of fused-ring (bicyclic) bond motifs is 1. The Morgan fingerprint density at radius 1 is 1.27 bits per heavy atom. The highest BCUT2D eigenvalue weighted by molar-refractivity contribution is 9.10. The quantitative estimate of drug-likeness (QED) is 0.583. The van der Waals surface area contributed by atoms with Crippen molar-refractivity contribution in [1.82, 2.24) is 25.1 Å². The summed E-state index contributed by atoms with van der Waals surface area (Å²) in [6.45, 7) is -1.42. The van der Waals surface area contributed by atoms with Crippen LogP contribution in [0.2, 0.25) is 0 Å². The Bertz CT molecular complexity index is 1040. The number of aromatic nitrogens is 4. The van der Waals surface area contributed by atoms with Gasteiger partial charge in [-0.15, -0.1) is 15.3 Å². The van der Waals surface area contributed by atoms with Gasteiger partial charge in [-0.3, -0.25) is 4.79 Å². The summed E-state index contributed by atoms with van der Waals surface area (Å²) in [5.41, 5.74) is 1.16. The molecule has 1 fully saturated rings. The predicted molar refractivity (Wildman–Crippen MR) is 108 cm³/mol. The molecule has 3 heterocycles. The van der Waals surface area contributed by atoms with Crippen molar-refractivity contribution in [2.75, 3.05) is 18.0 Å². The number of piperidine rings is 1. The van der Waals surface area contributed by atoms with E-state index in [0.29, 0.717) is 37.1 Å². The van der Waals surface area contributed by atoms with E-state index in [9.17, 15) is 13.6 Å². The fourth-order valence-electron chi connectivity index (χ4n) is 3.48. The summed E-state index contributed by atoms with van der Waals surface area (Å²) in [6, 6.07) is 8.47. The summed E-state index contributed by atoms with van der Waals surface area (Å²) < 4.78 is 32.1. The average Bonchev–Trinajstić information content (AvgIpc) is 3.21. The first-order valence-corrected chi connectivity index (χ1v) is 10.2. The van der Waals surface area contributed by atoms with E-state index in [4.69, 9.17) is 0 Å². The lowest BCUT2D eigenvalue weighted by atomic mass is 9.96.